The van der Waals surface area contributed by atoms with E-state index in [2.05, 4.69) is 45.8 Å². The van der Waals surface area contributed by atoms with Gasteiger partial charge >= 0.3 is 12.0 Å². The molecule has 7 nitrogen and oxygen atoms in total. The number of H-pyrrole nitrogens is 1. The fraction of sp³-hybridized carbons (Fsp3) is 0.278. The highest BCUT2D eigenvalue weighted by Gasteiger charge is 2.14. The molecule has 1 radical (unpaired) electrons. The van der Waals surface area contributed by atoms with E-state index in [1.165, 1.54) is 6.92 Å². The highest BCUT2D eigenvalue weighted by atomic mass is 127. The van der Waals surface area contributed by atoms with Crippen LogP contribution in [0.1, 0.15) is 6.92 Å². The summed E-state index contributed by atoms with van der Waals surface area (Å²) in [5.74, 6) is 0.543. The Morgan fingerprint density at radius 3 is 2.70 bits per heavy atom. The Hall–Kier alpha value is -1.91. The van der Waals surface area contributed by atoms with E-state index >= 15 is 0 Å². The molecular weight excluding hydrogens is 481 g/mol. The quantitative estimate of drug-likeness (QED) is 0.307. The highest BCUT2D eigenvalue weighted by Crippen LogP contribution is 2.32. The lowest BCUT2D eigenvalue weighted by atomic mass is 10.1. The van der Waals surface area contributed by atoms with Gasteiger partial charge in [0.25, 0.3) is 0 Å². The number of carbonyl (C=O) groups excluding carboxylic acids is 1. The number of nitrogens with zero attached hydrogens (tertiary/aromatic N) is 4. The molecule has 27 heavy (non-hydrogen) atoms. The molecule has 0 spiro atoms. The maximum Gasteiger partial charge on any atom is 0.310 e. The standard InChI is InChI=1S/C18H17ClIN5O2/c1-11(26)27-18-22-15-8-13(14(19)9-16(15)23-18)12-2-3-17(21-10-12)24-4-6-25(20)7-5-24/h2-3,8-10H,4-7H2,1H3,(H,22,23)/q-1. The van der Waals surface area contributed by atoms with Gasteiger partial charge in [-0.2, -0.15) is 4.98 Å². The second-order valence-electron chi connectivity index (χ2n) is 6.29. The van der Waals surface area contributed by atoms with E-state index in [0.29, 0.717) is 16.1 Å². The summed E-state index contributed by atoms with van der Waals surface area (Å²) in [6, 6.07) is 7.85. The number of aromatic amines is 1. The molecular formula is C18H17ClIN5O2-. The number of pyridine rings is 1. The van der Waals surface area contributed by atoms with Gasteiger partial charge in [0, 0.05) is 37.3 Å². The lowest BCUT2D eigenvalue weighted by Gasteiger charge is -2.39. The lowest BCUT2D eigenvalue weighted by Crippen LogP contribution is -3.42. The van der Waals surface area contributed by atoms with Crippen molar-refractivity contribution in [1.29, 1.82) is 0 Å². The van der Waals surface area contributed by atoms with E-state index in [1.54, 1.807) is 6.07 Å². The predicted molar refractivity (Wildman–Crippen MR) is 99.4 cm³/mol. The third kappa shape index (κ3) is 4.02. The van der Waals surface area contributed by atoms with Crippen molar-refractivity contribution >= 4 is 34.4 Å². The molecule has 1 fully saturated rings. The topological polar surface area (TPSA) is 74.3 Å². The molecule has 0 amide bonds. The van der Waals surface area contributed by atoms with Crippen LogP contribution in [0.5, 0.6) is 6.01 Å². The largest absolute Gasteiger partial charge is 0.699 e. The fourth-order valence-electron chi connectivity index (χ4n) is 3.06. The molecule has 0 unspecified atom stereocenters. The average molecular weight is 498 g/mol. The van der Waals surface area contributed by atoms with Crippen molar-refractivity contribution in [2.45, 2.75) is 6.92 Å². The molecule has 0 aliphatic carbocycles. The molecule has 1 aliphatic rings. The Bertz CT molecular complexity index is 983. The Labute approximate surface area is 175 Å². The number of hydrogen-bond donors (Lipinski definition) is 1. The van der Waals surface area contributed by atoms with Crippen LogP contribution in [0.25, 0.3) is 22.2 Å². The molecule has 0 atom stereocenters. The number of piperazine rings is 1. The van der Waals surface area contributed by atoms with Crippen LogP contribution in [0.3, 0.4) is 0 Å². The van der Waals surface area contributed by atoms with Crippen molar-refractivity contribution < 1.29 is 32.4 Å². The van der Waals surface area contributed by atoms with Crippen LogP contribution in [0, 0.1) is 0 Å². The summed E-state index contributed by atoms with van der Waals surface area (Å²) < 4.78 is 7.29. The fourth-order valence-corrected chi connectivity index (χ4v) is 3.76. The van der Waals surface area contributed by atoms with Gasteiger partial charge in [-0.3, -0.25) is 4.79 Å². The van der Waals surface area contributed by atoms with Gasteiger partial charge in [-0.25, -0.2) is 4.98 Å². The van der Waals surface area contributed by atoms with Crippen LogP contribution in [0.15, 0.2) is 30.5 Å². The van der Waals surface area contributed by atoms with E-state index < -0.39 is 5.97 Å². The van der Waals surface area contributed by atoms with Gasteiger partial charge in [0.1, 0.15) is 5.82 Å². The summed E-state index contributed by atoms with van der Waals surface area (Å²) in [6.45, 7) is 5.31. The summed E-state index contributed by atoms with van der Waals surface area (Å²) in [5, 5.41) is 0.577. The van der Waals surface area contributed by atoms with Crippen molar-refractivity contribution in [1.82, 2.24) is 18.1 Å². The minimum atomic E-state index is -0.427. The number of aromatic nitrogens is 3. The lowest BCUT2D eigenvalue weighted by molar-refractivity contribution is -0.575. The Morgan fingerprint density at radius 1 is 1.26 bits per heavy atom. The number of ether oxygens (including phenoxy) is 1. The number of anilines is 1. The van der Waals surface area contributed by atoms with Gasteiger partial charge in [-0.15, -0.1) is 0 Å². The van der Waals surface area contributed by atoms with Gasteiger partial charge in [-0.05, 0) is 37.4 Å². The third-order valence-electron chi connectivity index (χ3n) is 4.40. The third-order valence-corrected chi connectivity index (χ3v) is 5.67. The van der Waals surface area contributed by atoms with Crippen molar-refractivity contribution in [2.75, 3.05) is 31.1 Å². The molecule has 2 aromatic heterocycles. The van der Waals surface area contributed by atoms with E-state index in [-0.39, 0.29) is 6.01 Å². The zero-order valence-electron chi connectivity index (χ0n) is 14.6. The molecule has 9 heteroatoms. The molecule has 3 aromatic rings. The summed E-state index contributed by atoms with van der Waals surface area (Å²) >= 11 is 8.81. The number of halogens is 2. The molecule has 1 aromatic carbocycles. The zero-order valence-corrected chi connectivity index (χ0v) is 17.5. The summed E-state index contributed by atoms with van der Waals surface area (Å²) in [5.41, 5.74) is 3.13. The summed E-state index contributed by atoms with van der Waals surface area (Å²) in [7, 11) is 0. The number of esters is 1. The zero-order chi connectivity index (χ0) is 19.0. The van der Waals surface area contributed by atoms with Crippen molar-refractivity contribution in [3.8, 4) is 17.1 Å². The number of hydrogen-bond acceptors (Lipinski definition) is 6. The maximum atomic E-state index is 11.1. The van der Waals surface area contributed by atoms with E-state index in [9.17, 15) is 4.79 Å². The summed E-state index contributed by atoms with van der Waals surface area (Å²) in [6.07, 6.45) is 1.83. The first-order chi connectivity index (χ1) is 13.0. The van der Waals surface area contributed by atoms with Crippen LogP contribution in [0.2, 0.25) is 5.02 Å². The molecule has 141 valence electrons. The number of benzene rings is 1. The van der Waals surface area contributed by atoms with Crippen LogP contribution in [-0.2, 0) is 4.79 Å². The molecule has 1 aliphatic heterocycles. The summed E-state index contributed by atoms with van der Waals surface area (Å²) in [4.78, 5) is 25.2. The van der Waals surface area contributed by atoms with Crippen molar-refractivity contribution in [2.24, 2.45) is 0 Å². The van der Waals surface area contributed by atoms with Crippen LogP contribution >= 0.6 is 11.6 Å². The second-order valence-corrected chi connectivity index (χ2v) is 8.06. The Balaban J connectivity index is 1.61. The number of nitrogens with one attached hydrogen (secondary N) is 1. The molecule has 0 bridgehead atoms. The smallest absolute Gasteiger partial charge is 0.310 e. The van der Waals surface area contributed by atoms with Crippen molar-refractivity contribution in [3.63, 3.8) is 0 Å². The predicted octanol–water partition coefficient (Wildman–Crippen LogP) is -0.206. The Kier molecular flexibility index (Phi) is 5.20. The molecule has 3 heterocycles. The SMILES string of the molecule is CC(=O)Oc1nc2cc(-c3ccc(N4CCN([I-])CC4)nc3)c(Cl)cc2[nH]1. The van der Waals surface area contributed by atoms with Gasteiger partial charge in [-0.1, -0.05) is 11.6 Å². The minimum Gasteiger partial charge on any atom is -0.699 e. The number of imidazole rings is 1. The van der Waals surface area contributed by atoms with E-state index in [4.69, 9.17) is 16.3 Å². The van der Waals surface area contributed by atoms with Gasteiger partial charge in [0.15, 0.2) is 0 Å². The molecule has 4 rings (SSSR count). The van der Waals surface area contributed by atoms with Gasteiger partial charge in [0.05, 0.1) is 16.1 Å². The first-order valence-corrected chi connectivity index (χ1v) is 9.83. The van der Waals surface area contributed by atoms with Gasteiger partial charge in [0.2, 0.25) is 0 Å². The van der Waals surface area contributed by atoms with E-state index in [0.717, 1.165) is 43.1 Å². The second kappa shape index (κ2) is 7.61. The number of fused-ring (bicyclic) bond motifs is 1. The molecule has 1 saturated heterocycles. The van der Waals surface area contributed by atoms with Crippen LogP contribution in [0.4, 0.5) is 5.82 Å². The Morgan fingerprint density at radius 2 is 2.04 bits per heavy atom. The first-order valence-electron chi connectivity index (χ1n) is 8.49. The normalized spacial score (nSPS) is 15.3. The number of rotatable bonds is 3. The van der Waals surface area contributed by atoms with Crippen LogP contribution < -0.4 is 32.5 Å². The van der Waals surface area contributed by atoms with Gasteiger partial charge < -0.3 is 40.6 Å². The van der Waals surface area contributed by atoms with Crippen LogP contribution in [-0.4, -0.2) is 50.2 Å². The average Bonchev–Trinajstić information content (AvgIpc) is 3.02. The number of carbonyl (C=O) groups is 1. The maximum absolute atomic E-state index is 11.1. The van der Waals surface area contributed by atoms with E-state index in [1.807, 2.05) is 24.4 Å². The highest BCUT2D eigenvalue weighted by molar-refractivity contribution is 6.34. The molecule has 0 saturated carbocycles. The first kappa shape index (κ1) is 18.5. The van der Waals surface area contributed by atoms with Crippen molar-refractivity contribution in [3.05, 3.63) is 35.5 Å². The monoisotopic (exact) mass is 497 g/mol. The molecule has 1 N–H and O–H groups in total. The minimum absolute atomic E-state index is 0.161.